The smallest absolute Gasteiger partial charge is 0.230 e. The molecule has 6 heteroatoms. The Hall–Kier alpha value is -1.82. The number of carbonyl (C=O) groups excluding carboxylic acids is 1. The van der Waals surface area contributed by atoms with Gasteiger partial charge in [0.25, 0.3) is 0 Å². The quantitative estimate of drug-likeness (QED) is 0.493. The molecule has 2 rings (SSSR count). The summed E-state index contributed by atoms with van der Waals surface area (Å²) in [5.41, 5.74) is 2.26. The Kier molecular flexibility index (Phi) is 8.16. The van der Waals surface area contributed by atoms with Crippen LogP contribution in [0.15, 0.2) is 29.4 Å². The SMILES string of the molecule is CCCCCC(C)NC(=O)CSc1nnc(-c2ccccc2C)n1CC. The van der Waals surface area contributed by atoms with Crippen LogP contribution < -0.4 is 5.32 Å². The highest BCUT2D eigenvalue weighted by Gasteiger charge is 2.16. The van der Waals surface area contributed by atoms with Crippen LogP contribution in [0.2, 0.25) is 0 Å². The number of benzene rings is 1. The van der Waals surface area contributed by atoms with E-state index in [0.717, 1.165) is 35.9 Å². The van der Waals surface area contributed by atoms with Crippen molar-refractivity contribution in [3.8, 4) is 11.4 Å². The van der Waals surface area contributed by atoms with Crippen LogP contribution in [-0.2, 0) is 11.3 Å². The fraction of sp³-hybridized carbons (Fsp3) is 0.550. The van der Waals surface area contributed by atoms with Gasteiger partial charge in [-0.05, 0) is 32.8 Å². The van der Waals surface area contributed by atoms with Crippen LogP contribution in [-0.4, -0.2) is 32.5 Å². The molecule has 1 N–H and O–H groups in total. The number of carbonyl (C=O) groups is 1. The number of aryl methyl sites for hydroxylation is 1. The molecule has 0 aliphatic carbocycles. The minimum absolute atomic E-state index is 0.0575. The lowest BCUT2D eigenvalue weighted by atomic mass is 10.1. The number of nitrogens with one attached hydrogen (secondary N) is 1. The molecule has 0 radical (unpaired) electrons. The first kappa shape index (κ1) is 20.5. The Morgan fingerprint density at radius 2 is 2.00 bits per heavy atom. The van der Waals surface area contributed by atoms with Crippen LogP contribution in [0.25, 0.3) is 11.4 Å². The van der Waals surface area contributed by atoms with Gasteiger partial charge in [-0.25, -0.2) is 0 Å². The molecule has 1 unspecified atom stereocenters. The third-order valence-electron chi connectivity index (χ3n) is 4.40. The molecule has 5 nitrogen and oxygen atoms in total. The van der Waals surface area contributed by atoms with Crippen LogP contribution >= 0.6 is 11.8 Å². The summed E-state index contributed by atoms with van der Waals surface area (Å²) in [5.74, 6) is 1.29. The van der Waals surface area contributed by atoms with E-state index in [1.165, 1.54) is 30.2 Å². The molecule has 1 heterocycles. The Balaban J connectivity index is 1.96. The van der Waals surface area contributed by atoms with Crippen molar-refractivity contribution in [3.05, 3.63) is 29.8 Å². The van der Waals surface area contributed by atoms with Crippen molar-refractivity contribution in [2.45, 2.75) is 71.1 Å². The van der Waals surface area contributed by atoms with Gasteiger partial charge in [0.2, 0.25) is 5.91 Å². The summed E-state index contributed by atoms with van der Waals surface area (Å²) in [5, 5.41) is 12.5. The Bertz CT molecular complexity index is 714. The predicted molar refractivity (Wildman–Crippen MR) is 108 cm³/mol. The van der Waals surface area contributed by atoms with Gasteiger partial charge >= 0.3 is 0 Å². The summed E-state index contributed by atoms with van der Waals surface area (Å²) in [4.78, 5) is 12.2. The maximum atomic E-state index is 12.2. The summed E-state index contributed by atoms with van der Waals surface area (Å²) in [6, 6.07) is 8.39. The van der Waals surface area contributed by atoms with Crippen LogP contribution in [0.5, 0.6) is 0 Å². The topological polar surface area (TPSA) is 59.8 Å². The van der Waals surface area contributed by atoms with Crippen molar-refractivity contribution >= 4 is 17.7 Å². The molecule has 1 aromatic heterocycles. The Morgan fingerprint density at radius 1 is 1.23 bits per heavy atom. The average Bonchev–Trinajstić information content (AvgIpc) is 3.03. The molecule has 142 valence electrons. The second-order valence-corrected chi connectivity index (χ2v) is 7.56. The van der Waals surface area contributed by atoms with Crippen LogP contribution in [0, 0.1) is 6.92 Å². The molecule has 26 heavy (non-hydrogen) atoms. The summed E-state index contributed by atoms with van der Waals surface area (Å²) < 4.78 is 2.07. The van der Waals surface area contributed by atoms with Crippen molar-refractivity contribution in [1.29, 1.82) is 0 Å². The summed E-state index contributed by atoms with van der Waals surface area (Å²) in [6.07, 6.45) is 4.62. The number of thioether (sulfide) groups is 1. The second kappa shape index (κ2) is 10.4. The van der Waals surface area contributed by atoms with E-state index in [1.807, 2.05) is 12.1 Å². The molecule has 1 amide bonds. The first-order chi connectivity index (χ1) is 12.6. The molecule has 0 spiro atoms. The fourth-order valence-corrected chi connectivity index (χ4v) is 3.74. The molecule has 0 aliphatic heterocycles. The van der Waals surface area contributed by atoms with Gasteiger partial charge in [0.05, 0.1) is 5.75 Å². The van der Waals surface area contributed by atoms with Crippen molar-refractivity contribution in [2.75, 3.05) is 5.75 Å². The zero-order valence-corrected chi connectivity index (χ0v) is 17.1. The van der Waals surface area contributed by atoms with Gasteiger partial charge < -0.3 is 9.88 Å². The average molecular weight is 375 g/mol. The molecule has 1 atom stereocenters. The standard InChI is InChI=1S/C20H30N4OS/c1-5-7-8-12-16(4)21-18(25)14-26-20-23-22-19(24(20)6-2)17-13-10-9-11-15(17)3/h9-11,13,16H,5-8,12,14H2,1-4H3,(H,21,25). The molecule has 0 saturated carbocycles. The molecule has 2 aromatic rings. The monoisotopic (exact) mass is 374 g/mol. The van der Waals surface area contributed by atoms with E-state index in [9.17, 15) is 4.79 Å². The highest BCUT2D eigenvalue weighted by molar-refractivity contribution is 7.99. The van der Waals surface area contributed by atoms with Gasteiger partial charge in [0.15, 0.2) is 11.0 Å². The molecular formula is C20H30N4OS. The molecule has 0 fully saturated rings. The number of rotatable bonds is 10. The lowest BCUT2D eigenvalue weighted by Crippen LogP contribution is -2.33. The first-order valence-electron chi connectivity index (χ1n) is 9.48. The first-order valence-corrected chi connectivity index (χ1v) is 10.5. The minimum atomic E-state index is 0.0575. The predicted octanol–water partition coefficient (Wildman–Crippen LogP) is 4.45. The highest BCUT2D eigenvalue weighted by atomic mass is 32.2. The number of hydrogen-bond acceptors (Lipinski definition) is 4. The number of aromatic nitrogens is 3. The zero-order valence-electron chi connectivity index (χ0n) is 16.3. The van der Waals surface area contributed by atoms with Crippen molar-refractivity contribution < 1.29 is 4.79 Å². The van der Waals surface area contributed by atoms with Gasteiger partial charge in [-0.2, -0.15) is 0 Å². The minimum Gasteiger partial charge on any atom is -0.353 e. The third-order valence-corrected chi connectivity index (χ3v) is 5.37. The number of amides is 1. The summed E-state index contributed by atoms with van der Waals surface area (Å²) in [6.45, 7) is 9.18. The lowest BCUT2D eigenvalue weighted by Gasteiger charge is -2.13. The lowest BCUT2D eigenvalue weighted by molar-refractivity contribution is -0.119. The van der Waals surface area contributed by atoms with E-state index in [2.05, 4.69) is 59.9 Å². The normalized spacial score (nSPS) is 12.2. The van der Waals surface area contributed by atoms with E-state index >= 15 is 0 Å². The Labute approximate surface area is 161 Å². The van der Waals surface area contributed by atoms with E-state index < -0.39 is 0 Å². The van der Waals surface area contributed by atoms with Crippen molar-refractivity contribution in [1.82, 2.24) is 20.1 Å². The van der Waals surface area contributed by atoms with Crippen LogP contribution in [0.4, 0.5) is 0 Å². The number of hydrogen-bond donors (Lipinski definition) is 1. The Morgan fingerprint density at radius 3 is 2.69 bits per heavy atom. The van der Waals surface area contributed by atoms with E-state index in [-0.39, 0.29) is 11.9 Å². The van der Waals surface area contributed by atoms with Gasteiger partial charge in [-0.3, -0.25) is 4.79 Å². The molecule has 1 aromatic carbocycles. The second-order valence-electron chi connectivity index (χ2n) is 6.62. The largest absolute Gasteiger partial charge is 0.353 e. The van der Waals surface area contributed by atoms with Gasteiger partial charge in [-0.1, -0.05) is 62.2 Å². The van der Waals surface area contributed by atoms with E-state index in [0.29, 0.717) is 5.75 Å². The van der Waals surface area contributed by atoms with E-state index in [4.69, 9.17) is 0 Å². The maximum Gasteiger partial charge on any atom is 0.230 e. The fourth-order valence-electron chi connectivity index (χ4n) is 2.92. The maximum absolute atomic E-state index is 12.2. The van der Waals surface area contributed by atoms with Crippen molar-refractivity contribution in [2.24, 2.45) is 0 Å². The highest BCUT2D eigenvalue weighted by Crippen LogP contribution is 2.26. The molecule has 0 aliphatic rings. The van der Waals surface area contributed by atoms with Gasteiger partial charge in [-0.15, -0.1) is 10.2 Å². The van der Waals surface area contributed by atoms with Crippen molar-refractivity contribution in [3.63, 3.8) is 0 Å². The molecule has 0 bridgehead atoms. The van der Waals surface area contributed by atoms with Crippen LogP contribution in [0.3, 0.4) is 0 Å². The number of unbranched alkanes of at least 4 members (excludes halogenated alkanes) is 2. The van der Waals surface area contributed by atoms with E-state index in [1.54, 1.807) is 0 Å². The molecule has 0 saturated heterocycles. The number of nitrogens with zero attached hydrogens (tertiary/aromatic N) is 3. The zero-order chi connectivity index (χ0) is 18.9. The van der Waals surface area contributed by atoms with Crippen LogP contribution in [0.1, 0.15) is 52.0 Å². The summed E-state index contributed by atoms with van der Waals surface area (Å²) in [7, 11) is 0. The molecular weight excluding hydrogens is 344 g/mol. The van der Waals surface area contributed by atoms with Gasteiger partial charge in [0, 0.05) is 18.2 Å². The van der Waals surface area contributed by atoms with Gasteiger partial charge in [0.1, 0.15) is 0 Å². The third kappa shape index (κ3) is 5.59. The summed E-state index contributed by atoms with van der Waals surface area (Å²) >= 11 is 1.45.